The summed E-state index contributed by atoms with van der Waals surface area (Å²) in [7, 11) is 0. The van der Waals surface area contributed by atoms with Gasteiger partial charge in [0.1, 0.15) is 5.82 Å². The first kappa shape index (κ1) is 18.4. The van der Waals surface area contributed by atoms with Crippen molar-refractivity contribution in [3.8, 4) is 5.69 Å². The SMILES string of the molecule is Cc1ccc(C(=O)[C@@H]2CC(=O)Nc3c2c(C)nn3-c2ccc(Cl)cc2)cc1C. The molecule has 1 N–H and O–H groups in total. The molecule has 0 bridgehead atoms. The zero-order valence-electron chi connectivity index (χ0n) is 15.9. The third kappa shape index (κ3) is 3.12. The first-order valence-corrected chi connectivity index (χ1v) is 9.49. The van der Waals surface area contributed by atoms with Crippen LogP contribution in [0.3, 0.4) is 0 Å². The number of fused-ring (bicyclic) bond motifs is 1. The Bertz CT molecular complexity index is 1100. The van der Waals surface area contributed by atoms with Crippen molar-refractivity contribution in [1.82, 2.24) is 9.78 Å². The molecule has 0 fully saturated rings. The second kappa shape index (κ2) is 6.91. The summed E-state index contributed by atoms with van der Waals surface area (Å²) in [6.07, 6.45) is 0.117. The first-order chi connectivity index (χ1) is 13.3. The van der Waals surface area contributed by atoms with Gasteiger partial charge in [0.15, 0.2) is 5.78 Å². The quantitative estimate of drug-likeness (QED) is 0.652. The van der Waals surface area contributed by atoms with Gasteiger partial charge < -0.3 is 5.32 Å². The Kier molecular flexibility index (Phi) is 4.55. The molecule has 28 heavy (non-hydrogen) atoms. The third-order valence-electron chi connectivity index (χ3n) is 5.28. The topological polar surface area (TPSA) is 64.0 Å². The molecular weight excluding hydrogens is 374 g/mol. The standard InChI is InChI=1S/C22H20ClN3O2/c1-12-4-5-15(10-13(12)2)21(28)18-11-19(27)24-22-20(18)14(3)25-26(22)17-8-6-16(23)7-9-17/h4-10,18H,11H2,1-3H3,(H,24,27)/t18-/m1/s1. The van der Waals surface area contributed by atoms with Crippen LogP contribution in [0.2, 0.25) is 5.02 Å². The summed E-state index contributed by atoms with van der Waals surface area (Å²) in [5, 5.41) is 8.11. The molecule has 0 spiro atoms. The van der Waals surface area contributed by atoms with Crippen molar-refractivity contribution in [2.45, 2.75) is 33.1 Å². The Morgan fingerprint density at radius 2 is 1.82 bits per heavy atom. The van der Waals surface area contributed by atoms with Crippen molar-refractivity contribution in [3.63, 3.8) is 0 Å². The van der Waals surface area contributed by atoms with E-state index in [1.165, 1.54) is 0 Å². The van der Waals surface area contributed by atoms with Crippen molar-refractivity contribution in [1.29, 1.82) is 0 Å². The van der Waals surface area contributed by atoms with Crippen molar-refractivity contribution in [2.75, 3.05) is 5.32 Å². The van der Waals surface area contributed by atoms with Gasteiger partial charge in [0, 0.05) is 22.6 Å². The molecular formula is C22H20ClN3O2. The number of nitrogens with zero attached hydrogens (tertiary/aromatic N) is 2. The van der Waals surface area contributed by atoms with E-state index in [1.807, 2.05) is 51.1 Å². The normalized spacial score (nSPS) is 15.9. The van der Waals surface area contributed by atoms with Crippen LogP contribution in [-0.4, -0.2) is 21.5 Å². The fourth-order valence-corrected chi connectivity index (χ4v) is 3.76. The van der Waals surface area contributed by atoms with E-state index < -0.39 is 5.92 Å². The van der Waals surface area contributed by atoms with Crippen LogP contribution in [0.1, 0.15) is 45.1 Å². The predicted molar refractivity (Wildman–Crippen MR) is 110 cm³/mol. The summed E-state index contributed by atoms with van der Waals surface area (Å²) in [6, 6.07) is 12.9. The van der Waals surface area contributed by atoms with Crippen molar-refractivity contribution in [3.05, 3.63) is 75.4 Å². The number of halogens is 1. The van der Waals surface area contributed by atoms with Crippen LogP contribution in [0.5, 0.6) is 0 Å². The average Bonchev–Trinajstić information content (AvgIpc) is 3.00. The van der Waals surface area contributed by atoms with Gasteiger partial charge >= 0.3 is 0 Å². The molecule has 2 heterocycles. The molecule has 1 amide bonds. The van der Waals surface area contributed by atoms with Gasteiger partial charge in [-0.1, -0.05) is 23.7 Å². The summed E-state index contributed by atoms with van der Waals surface area (Å²) in [5.41, 5.74) is 5.08. The number of rotatable bonds is 3. The van der Waals surface area contributed by atoms with Crippen LogP contribution >= 0.6 is 11.6 Å². The third-order valence-corrected chi connectivity index (χ3v) is 5.53. The fourth-order valence-electron chi connectivity index (χ4n) is 3.64. The number of hydrogen-bond donors (Lipinski definition) is 1. The second-order valence-electron chi connectivity index (χ2n) is 7.20. The largest absolute Gasteiger partial charge is 0.310 e. The van der Waals surface area contributed by atoms with Gasteiger partial charge in [-0.05, 0) is 62.2 Å². The molecule has 0 unspecified atom stereocenters. The highest BCUT2D eigenvalue weighted by Crippen LogP contribution is 2.38. The minimum atomic E-state index is -0.549. The molecule has 1 aliphatic rings. The second-order valence-corrected chi connectivity index (χ2v) is 7.64. The van der Waals surface area contributed by atoms with E-state index in [-0.39, 0.29) is 18.1 Å². The summed E-state index contributed by atoms with van der Waals surface area (Å²) in [6.45, 7) is 5.86. The number of amides is 1. The number of hydrogen-bond acceptors (Lipinski definition) is 3. The molecule has 2 aromatic carbocycles. The molecule has 0 saturated carbocycles. The number of Topliss-reactive ketones (excluding diaryl/α,β-unsaturated/α-hetero) is 1. The summed E-state index contributed by atoms with van der Waals surface area (Å²) < 4.78 is 1.67. The van der Waals surface area contributed by atoms with Crippen LogP contribution in [0.25, 0.3) is 5.69 Å². The van der Waals surface area contributed by atoms with Crippen molar-refractivity contribution >= 4 is 29.1 Å². The Balaban J connectivity index is 1.81. The van der Waals surface area contributed by atoms with Crippen LogP contribution in [0, 0.1) is 20.8 Å². The lowest BCUT2D eigenvalue weighted by molar-refractivity contribution is -0.116. The highest BCUT2D eigenvalue weighted by Gasteiger charge is 2.36. The number of anilines is 1. The minimum Gasteiger partial charge on any atom is -0.310 e. The lowest BCUT2D eigenvalue weighted by Gasteiger charge is -2.23. The van der Waals surface area contributed by atoms with Gasteiger partial charge in [-0.2, -0.15) is 5.10 Å². The maximum absolute atomic E-state index is 13.3. The summed E-state index contributed by atoms with van der Waals surface area (Å²) in [5.74, 6) is -0.243. The summed E-state index contributed by atoms with van der Waals surface area (Å²) in [4.78, 5) is 25.7. The Morgan fingerprint density at radius 3 is 2.50 bits per heavy atom. The zero-order chi connectivity index (χ0) is 20.0. The highest BCUT2D eigenvalue weighted by atomic mass is 35.5. The molecule has 6 heteroatoms. The molecule has 0 radical (unpaired) electrons. The molecule has 1 aliphatic heterocycles. The molecule has 142 valence electrons. The number of ketones is 1. The van der Waals surface area contributed by atoms with Gasteiger partial charge in [0.2, 0.25) is 5.91 Å². The molecule has 1 atom stereocenters. The lowest BCUT2D eigenvalue weighted by atomic mass is 9.85. The van der Waals surface area contributed by atoms with Gasteiger partial charge in [0.25, 0.3) is 0 Å². The molecule has 5 nitrogen and oxygen atoms in total. The Morgan fingerprint density at radius 1 is 1.11 bits per heavy atom. The lowest BCUT2D eigenvalue weighted by Crippen LogP contribution is -2.28. The van der Waals surface area contributed by atoms with Gasteiger partial charge in [-0.3, -0.25) is 9.59 Å². The highest BCUT2D eigenvalue weighted by molar-refractivity contribution is 6.30. The van der Waals surface area contributed by atoms with E-state index in [4.69, 9.17) is 11.6 Å². The smallest absolute Gasteiger partial charge is 0.226 e. The van der Waals surface area contributed by atoms with Gasteiger partial charge in [0.05, 0.1) is 17.3 Å². The Labute approximate surface area is 168 Å². The number of aromatic nitrogens is 2. The van der Waals surface area contributed by atoms with Crippen LogP contribution in [-0.2, 0) is 4.79 Å². The average molecular weight is 394 g/mol. The minimum absolute atomic E-state index is 0.0574. The number of aryl methyl sites for hydroxylation is 3. The summed E-state index contributed by atoms with van der Waals surface area (Å²) >= 11 is 5.98. The number of benzene rings is 2. The van der Waals surface area contributed by atoms with E-state index in [9.17, 15) is 9.59 Å². The van der Waals surface area contributed by atoms with Gasteiger partial charge in [-0.15, -0.1) is 0 Å². The number of carbonyl (C=O) groups is 2. The van der Waals surface area contributed by atoms with Crippen molar-refractivity contribution < 1.29 is 9.59 Å². The van der Waals surface area contributed by atoms with Crippen LogP contribution in [0.4, 0.5) is 5.82 Å². The molecule has 1 aromatic heterocycles. The van der Waals surface area contributed by atoms with E-state index >= 15 is 0 Å². The molecule has 3 aromatic rings. The number of carbonyl (C=O) groups excluding carboxylic acids is 2. The Hall–Kier alpha value is -2.92. The van der Waals surface area contributed by atoms with E-state index in [0.29, 0.717) is 16.4 Å². The van der Waals surface area contributed by atoms with Gasteiger partial charge in [-0.25, -0.2) is 4.68 Å². The predicted octanol–water partition coefficient (Wildman–Crippen LogP) is 4.76. The van der Waals surface area contributed by atoms with Crippen molar-refractivity contribution in [2.24, 2.45) is 0 Å². The van der Waals surface area contributed by atoms with Crippen LogP contribution in [0.15, 0.2) is 42.5 Å². The van der Waals surface area contributed by atoms with E-state index in [2.05, 4.69) is 10.4 Å². The fraction of sp³-hybridized carbons (Fsp3) is 0.227. The zero-order valence-corrected chi connectivity index (χ0v) is 16.7. The maximum atomic E-state index is 13.3. The van der Waals surface area contributed by atoms with E-state index in [1.54, 1.807) is 16.8 Å². The molecule has 0 aliphatic carbocycles. The molecule has 4 rings (SSSR count). The maximum Gasteiger partial charge on any atom is 0.226 e. The van der Waals surface area contributed by atoms with Crippen LogP contribution < -0.4 is 5.32 Å². The monoisotopic (exact) mass is 393 g/mol. The molecule has 0 saturated heterocycles. The first-order valence-electron chi connectivity index (χ1n) is 9.12. The number of nitrogens with one attached hydrogen (secondary N) is 1. The van der Waals surface area contributed by atoms with E-state index in [0.717, 1.165) is 28.1 Å².